The van der Waals surface area contributed by atoms with Crippen LogP contribution in [0.25, 0.3) is 10.9 Å². The summed E-state index contributed by atoms with van der Waals surface area (Å²) in [6.45, 7) is 4.80. The predicted molar refractivity (Wildman–Crippen MR) is 97.7 cm³/mol. The van der Waals surface area contributed by atoms with Gasteiger partial charge in [0, 0.05) is 41.9 Å². The molecule has 3 rings (SSSR count). The Morgan fingerprint density at radius 2 is 2.12 bits per heavy atom. The Balaban J connectivity index is 1.92. The van der Waals surface area contributed by atoms with Gasteiger partial charge in [-0.1, -0.05) is 0 Å². The highest BCUT2D eigenvalue weighted by molar-refractivity contribution is 7.91. The number of benzene rings is 1. The lowest BCUT2D eigenvalue weighted by molar-refractivity contribution is 0.0624. The molecule has 0 radical (unpaired) electrons. The Bertz CT molecular complexity index is 901. The fourth-order valence-electron chi connectivity index (χ4n) is 3.42. The Kier molecular flexibility index (Phi) is 4.88. The van der Waals surface area contributed by atoms with Crippen molar-refractivity contribution in [2.24, 2.45) is 0 Å². The third kappa shape index (κ3) is 3.57. The molecule has 136 valence electrons. The molecular weight excluding hydrogens is 340 g/mol. The molecule has 0 bridgehead atoms. The molecule has 1 aromatic heterocycles. The van der Waals surface area contributed by atoms with Gasteiger partial charge in [0.1, 0.15) is 0 Å². The minimum absolute atomic E-state index is 0.0347. The topological polar surface area (TPSA) is 79.5 Å². The first-order chi connectivity index (χ1) is 11.8. The third-order valence-corrected chi connectivity index (χ3v) is 6.75. The van der Waals surface area contributed by atoms with E-state index >= 15 is 0 Å². The summed E-state index contributed by atoms with van der Waals surface area (Å²) < 4.78 is 28.8. The molecule has 0 saturated carbocycles. The van der Waals surface area contributed by atoms with Crippen LogP contribution in [-0.4, -0.2) is 62.0 Å². The van der Waals surface area contributed by atoms with Crippen LogP contribution in [0, 0.1) is 13.8 Å². The Labute approximate surface area is 148 Å². The molecule has 1 aliphatic rings. The second-order valence-electron chi connectivity index (χ2n) is 6.68. The molecule has 1 saturated heterocycles. The molecule has 25 heavy (non-hydrogen) atoms. The van der Waals surface area contributed by atoms with Crippen LogP contribution < -0.4 is 0 Å². The lowest BCUT2D eigenvalue weighted by Crippen LogP contribution is -2.43. The zero-order valence-corrected chi connectivity index (χ0v) is 15.6. The molecule has 2 aromatic rings. The summed E-state index contributed by atoms with van der Waals surface area (Å²) in [5, 5.41) is 1.02. The number of sulfone groups is 1. The van der Waals surface area contributed by atoms with Crippen molar-refractivity contribution in [1.29, 1.82) is 0 Å². The van der Waals surface area contributed by atoms with E-state index in [1.165, 1.54) is 0 Å². The fourth-order valence-corrected chi connectivity index (χ4v) is 5.15. The zero-order valence-electron chi connectivity index (χ0n) is 14.8. The van der Waals surface area contributed by atoms with Crippen LogP contribution in [0.15, 0.2) is 18.2 Å². The van der Waals surface area contributed by atoms with Crippen LogP contribution in [0.2, 0.25) is 0 Å². The average Bonchev–Trinajstić information content (AvgIpc) is 3.07. The Morgan fingerprint density at radius 3 is 2.76 bits per heavy atom. The molecule has 1 N–H and O–H groups in total. The van der Waals surface area contributed by atoms with Crippen molar-refractivity contribution >= 4 is 26.6 Å². The van der Waals surface area contributed by atoms with Gasteiger partial charge in [-0.2, -0.15) is 0 Å². The van der Waals surface area contributed by atoms with E-state index < -0.39 is 9.84 Å². The Hall–Kier alpha value is -1.86. The SMILES string of the molecule is COCCN(C(=O)c1ccc2[nH]c(C)c(C)c2c1)C1CCS(=O)(=O)C1. The van der Waals surface area contributed by atoms with Crippen LogP contribution in [0.3, 0.4) is 0 Å². The van der Waals surface area contributed by atoms with Gasteiger partial charge in [-0.3, -0.25) is 4.79 Å². The second kappa shape index (κ2) is 6.80. The first-order valence-electron chi connectivity index (χ1n) is 8.41. The quantitative estimate of drug-likeness (QED) is 0.881. The minimum Gasteiger partial charge on any atom is -0.383 e. The van der Waals surface area contributed by atoms with E-state index in [9.17, 15) is 13.2 Å². The van der Waals surface area contributed by atoms with Crippen LogP contribution >= 0.6 is 0 Å². The number of H-pyrrole nitrogens is 1. The Morgan fingerprint density at radius 1 is 1.36 bits per heavy atom. The monoisotopic (exact) mass is 364 g/mol. The first kappa shape index (κ1) is 17.9. The minimum atomic E-state index is -3.06. The van der Waals surface area contributed by atoms with Crippen molar-refractivity contribution in [3.63, 3.8) is 0 Å². The van der Waals surface area contributed by atoms with Crippen molar-refractivity contribution in [2.75, 3.05) is 31.8 Å². The van der Waals surface area contributed by atoms with Crippen molar-refractivity contribution in [1.82, 2.24) is 9.88 Å². The summed E-state index contributed by atoms with van der Waals surface area (Å²) >= 11 is 0. The highest BCUT2D eigenvalue weighted by Gasteiger charge is 2.34. The van der Waals surface area contributed by atoms with Gasteiger partial charge in [-0.25, -0.2) is 8.42 Å². The van der Waals surface area contributed by atoms with Gasteiger partial charge in [0.25, 0.3) is 5.91 Å². The first-order valence-corrected chi connectivity index (χ1v) is 10.2. The number of carbonyl (C=O) groups is 1. The molecule has 1 fully saturated rings. The van der Waals surface area contributed by atoms with Gasteiger partial charge in [-0.15, -0.1) is 0 Å². The van der Waals surface area contributed by atoms with Gasteiger partial charge in [0.2, 0.25) is 0 Å². The number of ether oxygens (including phenoxy) is 1. The summed E-state index contributed by atoms with van der Waals surface area (Å²) in [5.74, 6) is 0.0376. The van der Waals surface area contributed by atoms with Gasteiger partial charge in [0.15, 0.2) is 9.84 Å². The van der Waals surface area contributed by atoms with E-state index in [0.29, 0.717) is 25.1 Å². The number of hydrogen-bond acceptors (Lipinski definition) is 4. The molecule has 0 aliphatic carbocycles. The maximum absolute atomic E-state index is 13.1. The maximum Gasteiger partial charge on any atom is 0.254 e. The lowest BCUT2D eigenvalue weighted by atomic mass is 10.1. The van der Waals surface area contributed by atoms with Crippen LogP contribution in [0.4, 0.5) is 0 Å². The summed E-state index contributed by atoms with van der Waals surface area (Å²) in [7, 11) is -1.48. The molecular formula is C18H24N2O4S. The predicted octanol–water partition coefficient (Wildman–Crippen LogP) is 2.06. The van der Waals surface area contributed by atoms with E-state index in [1.54, 1.807) is 18.1 Å². The van der Waals surface area contributed by atoms with E-state index in [0.717, 1.165) is 22.2 Å². The van der Waals surface area contributed by atoms with Crippen molar-refractivity contribution < 1.29 is 17.9 Å². The van der Waals surface area contributed by atoms with Crippen LogP contribution in [0.1, 0.15) is 28.0 Å². The zero-order chi connectivity index (χ0) is 18.2. The number of nitrogens with one attached hydrogen (secondary N) is 1. The van der Waals surface area contributed by atoms with Gasteiger partial charge < -0.3 is 14.6 Å². The van der Waals surface area contributed by atoms with Gasteiger partial charge in [-0.05, 0) is 44.0 Å². The average molecular weight is 364 g/mol. The van der Waals surface area contributed by atoms with Crippen LogP contribution in [0.5, 0.6) is 0 Å². The summed E-state index contributed by atoms with van der Waals surface area (Å²) in [6.07, 6.45) is 0.488. The normalized spacial score (nSPS) is 19.4. The highest BCUT2D eigenvalue weighted by Crippen LogP contribution is 2.25. The van der Waals surface area contributed by atoms with E-state index in [2.05, 4.69) is 4.98 Å². The number of fused-ring (bicyclic) bond motifs is 1. The van der Waals surface area contributed by atoms with Gasteiger partial charge in [0.05, 0.1) is 18.1 Å². The highest BCUT2D eigenvalue weighted by atomic mass is 32.2. The fraction of sp³-hybridized carbons (Fsp3) is 0.500. The number of amides is 1. The standard InChI is InChI=1S/C18H24N2O4S/c1-12-13(2)19-17-5-4-14(10-16(12)17)18(21)20(7-8-24-3)15-6-9-25(22,23)11-15/h4-5,10,15,19H,6-9,11H2,1-3H3. The van der Waals surface area contributed by atoms with E-state index in [1.807, 2.05) is 26.0 Å². The molecule has 7 heteroatoms. The van der Waals surface area contributed by atoms with E-state index in [-0.39, 0.29) is 23.5 Å². The van der Waals surface area contributed by atoms with E-state index in [4.69, 9.17) is 4.74 Å². The number of hydrogen-bond donors (Lipinski definition) is 1. The third-order valence-electron chi connectivity index (χ3n) is 5.00. The number of methoxy groups -OCH3 is 1. The second-order valence-corrected chi connectivity index (χ2v) is 8.91. The molecule has 1 unspecified atom stereocenters. The molecule has 1 amide bonds. The van der Waals surface area contributed by atoms with Crippen molar-refractivity contribution in [2.45, 2.75) is 26.3 Å². The number of aromatic nitrogens is 1. The lowest BCUT2D eigenvalue weighted by Gasteiger charge is -2.28. The summed E-state index contributed by atoms with van der Waals surface area (Å²) in [6, 6.07) is 5.31. The van der Waals surface area contributed by atoms with Gasteiger partial charge >= 0.3 is 0 Å². The molecule has 6 nitrogen and oxygen atoms in total. The molecule has 0 spiro atoms. The number of rotatable bonds is 5. The van der Waals surface area contributed by atoms with Crippen molar-refractivity contribution in [3.8, 4) is 0 Å². The number of aryl methyl sites for hydroxylation is 2. The number of nitrogens with zero attached hydrogens (tertiary/aromatic N) is 1. The van der Waals surface area contributed by atoms with Crippen molar-refractivity contribution in [3.05, 3.63) is 35.0 Å². The largest absolute Gasteiger partial charge is 0.383 e. The van der Waals surface area contributed by atoms with Crippen LogP contribution in [-0.2, 0) is 14.6 Å². The molecule has 1 aliphatic heterocycles. The summed E-state index contributed by atoms with van der Waals surface area (Å²) in [5.41, 5.74) is 3.78. The smallest absolute Gasteiger partial charge is 0.254 e. The summed E-state index contributed by atoms with van der Waals surface area (Å²) in [4.78, 5) is 18.0. The number of carbonyl (C=O) groups excluding carboxylic acids is 1. The molecule has 1 atom stereocenters. The maximum atomic E-state index is 13.1. The molecule has 1 aromatic carbocycles. The number of aromatic amines is 1. The molecule has 2 heterocycles.